The van der Waals surface area contributed by atoms with E-state index in [2.05, 4.69) is 15.2 Å². The summed E-state index contributed by atoms with van der Waals surface area (Å²) in [6.45, 7) is 5.36. The van der Waals surface area contributed by atoms with Crippen LogP contribution in [-0.4, -0.2) is 83.0 Å². The fourth-order valence-corrected chi connectivity index (χ4v) is 4.65. The Balaban J connectivity index is 1.09. The van der Waals surface area contributed by atoms with Crippen molar-refractivity contribution in [2.24, 2.45) is 11.8 Å². The van der Waals surface area contributed by atoms with Gasteiger partial charge in [0.25, 0.3) is 5.91 Å². The smallest absolute Gasteiger partial charge is 0.271 e. The second-order valence-corrected chi connectivity index (χ2v) is 9.22. The van der Waals surface area contributed by atoms with Gasteiger partial charge in [-0.15, -0.1) is 0 Å². The first-order chi connectivity index (χ1) is 15.1. The Morgan fingerprint density at radius 2 is 1.94 bits per heavy atom. The van der Waals surface area contributed by atoms with Gasteiger partial charge in [0.1, 0.15) is 17.9 Å². The van der Waals surface area contributed by atoms with Crippen LogP contribution < -0.4 is 5.32 Å². The van der Waals surface area contributed by atoms with Gasteiger partial charge in [0.05, 0.1) is 6.10 Å². The van der Waals surface area contributed by atoms with Crippen molar-refractivity contribution in [3.05, 3.63) is 36.3 Å². The Hall–Kier alpha value is -2.45. The third kappa shape index (κ3) is 5.07. The molecule has 3 aliphatic rings. The summed E-state index contributed by atoms with van der Waals surface area (Å²) in [6, 6.07) is 5.65. The number of hydrogen-bond donors (Lipinski definition) is 1. The number of piperidine rings is 1. The summed E-state index contributed by atoms with van der Waals surface area (Å²) in [5.41, 5.74) is 1.12. The first-order valence-corrected chi connectivity index (χ1v) is 11.5. The fourth-order valence-electron chi connectivity index (χ4n) is 4.65. The predicted octanol–water partition coefficient (Wildman–Crippen LogP) is 1.41. The van der Waals surface area contributed by atoms with E-state index in [1.165, 1.54) is 19.4 Å². The summed E-state index contributed by atoms with van der Waals surface area (Å²) in [4.78, 5) is 33.8. The third-order valence-electron chi connectivity index (χ3n) is 6.71. The third-order valence-corrected chi connectivity index (χ3v) is 6.71. The molecular formula is C23H31N5O3. The van der Waals surface area contributed by atoms with Crippen molar-refractivity contribution < 1.29 is 14.3 Å². The van der Waals surface area contributed by atoms with Crippen LogP contribution >= 0.6 is 0 Å². The van der Waals surface area contributed by atoms with E-state index < -0.39 is 0 Å². The molecule has 2 aliphatic heterocycles. The molecule has 1 N–H and O–H groups in total. The molecule has 2 amide bonds. The molecule has 0 spiro atoms. The maximum absolute atomic E-state index is 12.5. The molecule has 1 saturated carbocycles. The first-order valence-electron chi connectivity index (χ1n) is 11.5. The first kappa shape index (κ1) is 20.5. The largest absolute Gasteiger partial charge is 0.365 e. The van der Waals surface area contributed by atoms with Crippen LogP contribution in [0.5, 0.6) is 0 Å². The average Bonchev–Trinajstić information content (AvgIpc) is 3.49. The standard InChI is InChI=1S/C23H31N5O3/c29-22-16-31-19(11-24-23(30)20-15-27-8-2-1-3-21(27)25-20)14-28(22)13-18-6-9-26(10-7-18)12-17-4-5-17/h1-3,8,15,17-19H,4-7,9-14,16H2,(H,24,30)/t19-/m1/s1. The molecular weight excluding hydrogens is 394 g/mol. The van der Waals surface area contributed by atoms with E-state index in [1.54, 1.807) is 6.20 Å². The van der Waals surface area contributed by atoms with Crippen LogP contribution in [0.3, 0.4) is 0 Å². The molecule has 0 radical (unpaired) electrons. The molecule has 1 atom stereocenters. The van der Waals surface area contributed by atoms with Gasteiger partial charge in [0.15, 0.2) is 0 Å². The van der Waals surface area contributed by atoms with Gasteiger partial charge in [-0.3, -0.25) is 9.59 Å². The zero-order valence-electron chi connectivity index (χ0n) is 17.9. The topological polar surface area (TPSA) is 79.2 Å². The molecule has 8 heteroatoms. The number of carbonyl (C=O) groups is 2. The van der Waals surface area contributed by atoms with Gasteiger partial charge in [-0.2, -0.15) is 0 Å². The highest BCUT2D eigenvalue weighted by Crippen LogP contribution is 2.31. The predicted molar refractivity (Wildman–Crippen MR) is 116 cm³/mol. The number of likely N-dealkylation sites (tertiary alicyclic amines) is 1. The van der Waals surface area contributed by atoms with Crippen molar-refractivity contribution in [2.75, 3.05) is 45.9 Å². The van der Waals surface area contributed by atoms with Crippen molar-refractivity contribution >= 4 is 17.5 Å². The minimum Gasteiger partial charge on any atom is -0.365 e. The van der Waals surface area contributed by atoms with E-state index in [-0.39, 0.29) is 24.5 Å². The Morgan fingerprint density at radius 3 is 2.71 bits per heavy atom. The lowest BCUT2D eigenvalue weighted by Gasteiger charge is -2.38. The zero-order valence-corrected chi connectivity index (χ0v) is 17.9. The molecule has 2 aromatic heterocycles. The number of fused-ring (bicyclic) bond motifs is 1. The van der Waals surface area contributed by atoms with Crippen LogP contribution in [0.15, 0.2) is 30.6 Å². The summed E-state index contributed by atoms with van der Waals surface area (Å²) in [6.07, 6.45) is 8.52. The summed E-state index contributed by atoms with van der Waals surface area (Å²) in [7, 11) is 0. The molecule has 2 saturated heterocycles. The number of aromatic nitrogens is 2. The van der Waals surface area contributed by atoms with Crippen LogP contribution in [-0.2, 0) is 9.53 Å². The normalized spacial score (nSPS) is 23.4. The van der Waals surface area contributed by atoms with Gasteiger partial charge in [-0.05, 0) is 62.7 Å². The van der Waals surface area contributed by atoms with Crippen LogP contribution in [0.2, 0.25) is 0 Å². The maximum atomic E-state index is 12.5. The molecule has 31 heavy (non-hydrogen) atoms. The number of hydrogen-bond acceptors (Lipinski definition) is 5. The molecule has 4 heterocycles. The molecule has 0 bridgehead atoms. The van der Waals surface area contributed by atoms with Crippen LogP contribution in [0.25, 0.3) is 5.65 Å². The lowest BCUT2D eigenvalue weighted by Crippen LogP contribution is -2.52. The molecule has 5 rings (SSSR count). The maximum Gasteiger partial charge on any atom is 0.271 e. The molecule has 0 unspecified atom stereocenters. The quantitative estimate of drug-likeness (QED) is 0.726. The van der Waals surface area contributed by atoms with E-state index in [0.717, 1.165) is 44.0 Å². The van der Waals surface area contributed by atoms with Crippen LogP contribution in [0.4, 0.5) is 0 Å². The number of morpholine rings is 1. The molecule has 1 aliphatic carbocycles. The van der Waals surface area contributed by atoms with Crippen molar-refractivity contribution in [3.8, 4) is 0 Å². The van der Waals surface area contributed by atoms with Crippen molar-refractivity contribution in [1.29, 1.82) is 0 Å². The fraction of sp³-hybridized carbons (Fsp3) is 0.609. The Morgan fingerprint density at radius 1 is 1.13 bits per heavy atom. The van der Waals surface area contributed by atoms with Gasteiger partial charge in [-0.25, -0.2) is 4.98 Å². The molecule has 8 nitrogen and oxygen atoms in total. The number of imidazole rings is 1. The monoisotopic (exact) mass is 425 g/mol. The SMILES string of the molecule is O=C(NC[C@@H]1CN(CC2CCN(CC3CC3)CC2)C(=O)CO1)c1cn2ccccc2n1. The number of nitrogens with one attached hydrogen (secondary N) is 1. The summed E-state index contributed by atoms with van der Waals surface area (Å²) in [5.74, 6) is 1.33. The highest BCUT2D eigenvalue weighted by atomic mass is 16.5. The lowest BCUT2D eigenvalue weighted by molar-refractivity contribution is -0.149. The van der Waals surface area contributed by atoms with E-state index in [9.17, 15) is 9.59 Å². The van der Waals surface area contributed by atoms with Crippen molar-refractivity contribution in [2.45, 2.75) is 31.8 Å². The van der Waals surface area contributed by atoms with Gasteiger partial charge < -0.3 is 24.3 Å². The molecule has 2 aromatic rings. The Bertz CT molecular complexity index is 899. The summed E-state index contributed by atoms with van der Waals surface area (Å²) >= 11 is 0. The van der Waals surface area contributed by atoms with E-state index in [0.29, 0.717) is 24.7 Å². The van der Waals surface area contributed by atoms with Gasteiger partial charge in [0, 0.05) is 38.6 Å². The summed E-state index contributed by atoms with van der Waals surface area (Å²) in [5, 5.41) is 2.91. The highest BCUT2D eigenvalue weighted by Gasteiger charge is 2.31. The lowest BCUT2D eigenvalue weighted by atomic mass is 9.95. The molecule has 3 fully saturated rings. The minimum atomic E-state index is -0.223. The molecule has 0 aromatic carbocycles. The number of carbonyl (C=O) groups excluding carboxylic acids is 2. The van der Waals surface area contributed by atoms with E-state index in [1.807, 2.05) is 33.7 Å². The van der Waals surface area contributed by atoms with Crippen LogP contribution in [0, 0.1) is 11.8 Å². The van der Waals surface area contributed by atoms with Crippen molar-refractivity contribution in [3.63, 3.8) is 0 Å². The van der Waals surface area contributed by atoms with E-state index in [4.69, 9.17) is 4.74 Å². The number of amides is 2. The number of ether oxygens (including phenoxy) is 1. The number of rotatable bonds is 7. The van der Waals surface area contributed by atoms with Crippen LogP contribution in [0.1, 0.15) is 36.2 Å². The second-order valence-electron chi connectivity index (χ2n) is 9.22. The summed E-state index contributed by atoms with van der Waals surface area (Å²) < 4.78 is 7.50. The highest BCUT2D eigenvalue weighted by molar-refractivity contribution is 5.92. The Kier molecular flexibility index (Phi) is 5.91. The van der Waals surface area contributed by atoms with Gasteiger partial charge in [-0.1, -0.05) is 6.07 Å². The number of nitrogens with zero attached hydrogens (tertiary/aromatic N) is 4. The second kappa shape index (κ2) is 8.96. The Labute approximate surface area is 182 Å². The number of pyridine rings is 1. The van der Waals surface area contributed by atoms with Gasteiger partial charge in [0.2, 0.25) is 5.91 Å². The van der Waals surface area contributed by atoms with Crippen molar-refractivity contribution in [1.82, 2.24) is 24.5 Å². The zero-order chi connectivity index (χ0) is 21.2. The average molecular weight is 426 g/mol. The van der Waals surface area contributed by atoms with E-state index >= 15 is 0 Å². The molecule has 166 valence electrons. The van der Waals surface area contributed by atoms with Gasteiger partial charge >= 0.3 is 0 Å². The minimum absolute atomic E-state index is 0.0586.